The lowest BCUT2D eigenvalue weighted by Crippen LogP contribution is -2.18. The quantitative estimate of drug-likeness (QED) is 0.595. The Labute approximate surface area is 148 Å². The zero-order valence-electron chi connectivity index (χ0n) is 12.8. The summed E-state index contributed by atoms with van der Waals surface area (Å²) in [6, 6.07) is 10.8. The fourth-order valence-corrected chi connectivity index (χ4v) is 2.63. The summed E-state index contributed by atoms with van der Waals surface area (Å²) < 4.78 is 6.42. The molecule has 0 saturated carbocycles. The molecule has 0 heterocycles. The number of carbonyl (C=O) groups excluding carboxylic acids is 1. The van der Waals surface area contributed by atoms with Crippen LogP contribution in [0.4, 0.5) is 0 Å². The number of ether oxygens (including phenoxy) is 1. The summed E-state index contributed by atoms with van der Waals surface area (Å²) >= 11 is 9.47. The number of aryl methyl sites for hydroxylation is 1. The van der Waals surface area contributed by atoms with E-state index < -0.39 is 0 Å². The maximum absolute atomic E-state index is 12.1. The number of nitrogens with zero attached hydrogens (tertiary/aromatic N) is 1. The number of amides is 1. The van der Waals surface area contributed by atoms with E-state index in [0.29, 0.717) is 22.9 Å². The van der Waals surface area contributed by atoms with Crippen molar-refractivity contribution in [1.82, 2.24) is 5.43 Å². The van der Waals surface area contributed by atoms with Gasteiger partial charge < -0.3 is 4.74 Å². The molecular weight excluding hydrogens is 380 g/mol. The van der Waals surface area contributed by atoms with Crippen molar-refractivity contribution in [3.8, 4) is 5.75 Å². The van der Waals surface area contributed by atoms with Crippen molar-refractivity contribution in [3.63, 3.8) is 0 Å². The molecule has 0 aliphatic rings. The summed E-state index contributed by atoms with van der Waals surface area (Å²) in [6.45, 7) is 4.37. The molecule has 0 aromatic heterocycles. The fraction of sp³-hybridized carbons (Fsp3) is 0.176. The summed E-state index contributed by atoms with van der Waals surface area (Å²) in [6.07, 6.45) is 1.54. The average Bonchev–Trinajstić information content (AvgIpc) is 2.50. The van der Waals surface area contributed by atoms with Crippen LogP contribution in [0.5, 0.6) is 5.75 Å². The first-order chi connectivity index (χ1) is 11.0. The van der Waals surface area contributed by atoms with Crippen LogP contribution in [-0.4, -0.2) is 18.7 Å². The smallest absolute Gasteiger partial charge is 0.272 e. The Kier molecular flexibility index (Phi) is 6.19. The molecule has 0 aliphatic carbocycles. The summed E-state index contributed by atoms with van der Waals surface area (Å²) in [4.78, 5) is 12.1. The van der Waals surface area contributed by atoms with Gasteiger partial charge in [-0.2, -0.15) is 5.10 Å². The van der Waals surface area contributed by atoms with Crippen LogP contribution >= 0.6 is 27.5 Å². The van der Waals surface area contributed by atoms with Crippen molar-refractivity contribution >= 4 is 39.7 Å². The van der Waals surface area contributed by atoms with Crippen LogP contribution in [0.25, 0.3) is 0 Å². The van der Waals surface area contributed by atoms with Crippen molar-refractivity contribution in [2.24, 2.45) is 5.10 Å². The van der Waals surface area contributed by atoms with E-state index in [1.165, 1.54) is 6.21 Å². The van der Waals surface area contributed by atoms with Crippen molar-refractivity contribution in [1.29, 1.82) is 0 Å². The Morgan fingerprint density at radius 1 is 1.35 bits per heavy atom. The lowest BCUT2D eigenvalue weighted by molar-refractivity contribution is 0.0955. The lowest BCUT2D eigenvalue weighted by Gasteiger charge is -2.07. The first-order valence-electron chi connectivity index (χ1n) is 7.03. The van der Waals surface area contributed by atoms with Gasteiger partial charge in [-0.3, -0.25) is 4.79 Å². The molecule has 1 amide bonds. The fourth-order valence-electron chi connectivity index (χ4n) is 1.93. The van der Waals surface area contributed by atoms with E-state index in [4.69, 9.17) is 16.3 Å². The first kappa shape index (κ1) is 17.5. The minimum atomic E-state index is -0.362. The Bertz CT molecular complexity index is 747. The standard InChI is InChI=1S/C17H16BrClN2O2/c1-3-23-16-7-5-13(18)9-12(16)10-20-21-17(22)14-6-4-11(2)8-15(14)19/h4-10H,3H2,1-2H3,(H,21,22)/b20-10+. The molecule has 0 radical (unpaired) electrons. The molecule has 120 valence electrons. The van der Waals surface area contributed by atoms with E-state index >= 15 is 0 Å². The van der Waals surface area contributed by atoms with Gasteiger partial charge in [0, 0.05) is 10.0 Å². The highest BCUT2D eigenvalue weighted by Gasteiger charge is 2.09. The minimum absolute atomic E-state index is 0.362. The second-order valence-electron chi connectivity index (χ2n) is 4.80. The summed E-state index contributed by atoms with van der Waals surface area (Å²) in [5.41, 5.74) is 4.61. The number of hydrogen-bond acceptors (Lipinski definition) is 3. The van der Waals surface area contributed by atoms with Gasteiger partial charge in [0.2, 0.25) is 0 Å². The lowest BCUT2D eigenvalue weighted by atomic mass is 10.1. The Morgan fingerprint density at radius 2 is 2.13 bits per heavy atom. The van der Waals surface area contributed by atoms with Gasteiger partial charge >= 0.3 is 0 Å². The summed E-state index contributed by atoms with van der Waals surface area (Å²) in [5, 5.41) is 4.38. The molecule has 2 rings (SSSR count). The van der Waals surface area contributed by atoms with E-state index in [9.17, 15) is 4.79 Å². The second kappa shape index (κ2) is 8.13. The maximum atomic E-state index is 12.1. The predicted octanol–water partition coefficient (Wildman–Crippen LogP) is 4.57. The van der Waals surface area contributed by atoms with Crippen molar-refractivity contribution in [3.05, 3.63) is 62.6 Å². The molecule has 23 heavy (non-hydrogen) atoms. The van der Waals surface area contributed by atoms with Crippen LogP contribution in [0, 0.1) is 6.92 Å². The van der Waals surface area contributed by atoms with Gasteiger partial charge in [0.25, 0.3) is 5.91 Å². The number of carbonyl (C=O) groups is 1. The van der Waals surface area contributed by atoms with Crippen molar-refractivity contribution < 1.29 is 9.53 Å². The van der Waals surface area contributed by atoms with Crippen LogP contribution < -0.4 is 10.2 Å². The molecule has 0 fully saturated rings. The molecular formula is C17H16BrClN2O2. The molecule has 0 atom stereocenters. The van der Waals surface area contributed by atoms with Gasteiger partial charge in [0.15, 0.2) is 0 Å². The Morgan fingerprint density at radius 3 is 2.83 bits per heavy atom. The van der Waals surface area contributed by atoms with E-state index in [1.54, 1.807) is 12.1 Å². The molecule has 0 aliphatic heterocycles. The van der Waals surface area contributed by atoms with E-state index in [0.717, 1.165) is 15.6 Å². The third kappa shape index (κ3) is 4.81. The number of hydrogen-bond donors (Lipinski definition) is 1. The number of rotatable bonds is 5. The molecule has 0 unspecified atom stereocenters. The number of benzene rings is 2. The van der Waals surface area contributed by atoms with Crippen LogP contribution in [0.15, 0.2) is 46.0 Å². The van der Waals surface area contributed by atoms with Gasteiger partial charge in [-0.15, -0.1) is 0 Å². The van der Waals surface area contributed by atoms with Crippen LogP contribution in [-0.2, 0) is 0 Å². The van der Waals surface area contributed by atoms with Gasteiger partial charge in [0.05, 0.1) is 23.4 Å². The highest BCUT2D eigenvalue weighted by molar-refractivity contribution is 9.10. The third-order valence-electron chi connectivity index (χ3n) is 3.01. The molecule has 1 N–H and O–H groups in total. The zero-order chi connectivity index (χ0) is 16.8. The number of nitrogens with one attached hydrogen (secondary N) is 1. The molecule has 2 aromatic rings. The monoisotopic (exact) mass is 394 g/mol. The molecule has 0 bridgehead atoms. The second-order valence-corrected chi connectivity index (χ2v) is 6.12. The number of halogens is 2. The van der Waals surface area contributed by atoms with E-state index in [2.05, 4.69) is 26.5 Å². The number of hydrazone groups is 1. The normalized spacial score (nSPS) is 10.8. The van der Waals surface area contributed by atoms with E-state index in [1.807, 2.05) is 38.1 Å². The molecule has 0 spiro atoms. The van der Waals surface area contributed by atoms with Crippen LogP contribution in [0.1, 0.15) is 28.4 Å². The molecule has 6 heteroatoms. The highest BCUT2D eigenvalue weighted by atomic mass is 79.9. The average molecular weight is 396 g/mol. The molecule has 0 saturated heterocycles. The largest absolute Gasteiger partial charge is 0.493 e. The SMILES string of the molecule is CCOc1ccc(Br)cc1/C=N/NC(=O)c1ccc(C)cc1Cl. The van der Waals surface area contributed by atoms with Gasteiger partial charge in [-0.25, -0.2) is 5.43 Å². The van der Waals surface area contributed by atoms with Crippen LogP contribution in [0.2, 0.25) is 5.02 Å². The van der Waals surface area contributed by atoms with E-state index in [-0.39, 0.29) is 5.91 Å². The van der Waals surface area contributed by atoms with Crippen molar-refractivity contribution in [2.45, 2.75) is 13.8 Å². The van der Waals surface area contributed by atoms with Crippen molar-refractivity contribution in [2.75, 3.05) is 6.61 Å². The predicted molar refractivity (Wildman–Crippen MR) is 96.6 cm³/mol. The summed E-state index contributed by atoms with van der Waals surface area (Å²) in [7, 11) is 0. The Balaban J connectivity index is 2.12. The molecule has 4 nitrogen and oxygen atoms in total. The summed E-state index contributed by atoms with van der Waals surface area (Å²) in [5.74, 6) is 0.335. The van der Waals surface area contributed by atoms with Gasteiger partial charge in [-0.1, -0.05) is 33.6 Å². The molecule has 2 aromatic carbocycles. The minimum Gasteiger partial charge on any atom is -0.493 e. The first-order valence-corrected chi connectivity index (χ1v) is 8.20. The highest BCUT2D eigenvalue weighted by Crippen LogP contribution is 2.22. The van der Waals surface area contributed by atoms with Gasteiger partial charge in [0.1, 0.15) is 5.75 Å². The topological polar surface area (TPSA) is 50.7 Å². The zero-order valence-corrected chi connectivity index (χ0v) is 15.1. The Hall–Kier alpha value is -1.85. The van der Waals surface area contributed by atoms with Gasteiger partial charge in [-0.05, 0) is 49.7 Å². The maximum Gasteiger partial charge on any atom is 0.272 e. The van der Waals surface area contributed by atoms with Crippen LogP contribution in [0.3, 0.4) is 0 Å². The third-order valence-corrected chi connectivity index (χ3v) is 3.82.